The number of esters is 4. The SMILES string of the molecule is CCCCCCCCCC(=O)OC[C@H](COP(=O)(O)OC[C@H](O)COP(=O)(O)OC[C@@H](COC(=O)CCCCCCCCCCCC(C)C)OC(=O)CCCCCCCCCCCCC(C)CC)OC(=O)CCCCCCCCCCCC(C)C. The van der Waals surface area contributed by atoms with E-state index in [9.17, 15) is 43.2 Å². The zero-order valence-electron chi connectivity index (χ0n) is 55.1. The summed E-state index contributed by atoms with van der Waals surface area (Å²) in [5.41, 5.74) is 0. The molecule has 19 heteroatoms. The van der Waals surface area contributed by atoms with Gasteiger partial charge in [0.2, 0.25) is 0 Å². The molecule has 0 aliphatic rings. The molecule has 0 saturated carbocycles. The molecule has 0 aliphatic heterocycles. The monoisotopic (exact) mass is 1250 g/mol. The van der Waals surface area contributed by atoms with Crippen molar-refractivity contribution in [2.24, 2.45) is 17.8 Å². The topological polar surface area (TPSA) is 237 Å². The zero-order valence-corrected chi connectivity index (χ0v) is 56.9. The van der Waals surface area contributed by atoms with Crippen molar-refractivity contribution in [1.29, 1.82) is 0 Å². The first-order valence-corrected chi connectivity index (χ1v) is 37.4. The predicted molar refractivity (Wildman–Crippen MR) is 340 cm³/mol. The molecule has 17 nitrogen and oxygen atoms in total. The van der Waals surface area contributed by atoms with Crippen molar-refractivity contribution in [3.8, 4) is 0 Å². The molecule has 0 fully saturated rings. The van der Waals surface area contributed by atoms with Gasteiger partial charge >= 0.3 is 39.5 Å². The van der Waals surface area contributed by atoms with Gasteiger partial charge in [-0.1, -0.05) is 273 Å². The van der Waals surface area contributed by atoms with Crippen LogP contribution in [0.4, 0.5) is 0 Å². The van der Waals surface area contributed by atoms with Gasteiger partial charge in [0.15, 0.2) is 12.2 Å². The number of rotatable bonds is 64. The highest BCUT2D eigenvalue weighted by atomic mass is 31.2. The quantitative estimate of drug-likeness (QED) is 0.0222. The van der Waals surface area contributed by atoms with E-state index >= 15 is 0 Å². The summed E-state index contributed by atoms with van der Waals surface area (Å²) in [4.78, 5) is 72.2. The Hall–Kier alpha value is -1.94. The summed E-state index contributed by atoms with van der Waals surface area (Å²) < 4.78 is 68.0. The predicted octanol–water partition coefficient (Wildman–Crippen LogP) is 18.3. The Morgan fingerprint density at radius 1 is 0.341 bits per heavy atom. The molecule has 0 aromatic rings. The Bertz CT molecular complexity index is 1680. The third-order valence-electron chi connectivity index (χ3n) is 15.5. The summed E-state index contributed by atoms with van der Waals surface area (Å²) in [6, 6.07) is 0. The third-order valence-corrected chi connectivity index (χ3v) is 17.4. The minimum Gasteiger partial charge on any atom is -0.462 e. The van der Waals surface area contributed by atoms with Gasteiger partial charge in [-0.15, -0.1) is 0 Å². The number of hydrogen-bond donors (Lipinski definition) is 3. The van der Waals surface area contributed by atoms with Crippen LogP contribution in [0.2, 0.25) is 0 Å². The fourth-order valence-corrected chi connectivity index (χ4v) is 11.4. The maximum absolute atomic E-state index is 13.0. The number of phosphoric ester groups is 2. The average Bonchev–Trinajstić information content (AvgIpc) is 3.56. The number of unbranched alkanes of at least 4 members (excludes halogenated alkanes) is 31. The molecule has 3 N–H and O–H groups in total. The number of ether oxygens (including phenoxy) is 4. The van der Waals surface area contributed by atoms with Gasteiger partial charge in [-0.2, -0.15) is 0 Å². The highest BCUT2D eigenvalue weighted by Crippen LogP contribution is 2.45. The van der Waals surface area contributed by atoms with E-state index in [4.69, 9.17) is 37.0 Å². The van der Waals surface area contributed by atoms with Crippen LogP contribution in [0.15, 0.2) is 0 Å². The van der Waals surface area contributed by atoms with E-state index < -0.39 is 97.5 Å². The van der Waals surface area contributed by atoms with E-state index in [0.29, 0.717) is 25.7 Å². The number of carbonyl (C=O) groups is 4. The molecule has 0 aliphatic carbocycles. The summed E-state index contributed by atoms with van der Waals surface area (Å²) in [6.45, 7) is 11.8. The van der Waals surface area contributed by atoms with Gasteiger partial charge in [0.1, 0.15) is 19.3 Å². The Morgan fingerprint density at radius 3 is 0.894 bits per heavy atom. The smallest absolute Gasteiger partial charge is 0.462 e. The highest BCUT2D eigenvalue weighted by Gasteiger charge is 2.30. The number of aliphatic hydroxyl groups excluding tert-OH is 1. The summed E-state index contributed by atoms with van der Waals surface area (Å²) in [5.74, 6) is 0.147. The zero-order chi connectivity index (χ0) is 63.1. The number of phosphoric acid groups is 2. The first-order chi connectivity index (χ1) is 40.8. The number of hydrogen-bond acceptors (Lipinski definition) is 15. The van der Waals surface area contributed by atoms with Crippen molar-refractivity contribution in [3.05, 3.63) is 0 Å². The molecular weight excluding hydrogens is 1130 g/mol. The number of aliphatic hydroxyl groups is 1. The van der Waals surface area contributed by atoms with Crippen molar-refractivity contribution in [2.75, 3.05) is 39.6 Å². The molecule has 3 unspecified atom stereocenters. The maximum Gasteiger partial charge on any atom is 0.472 e. The molecule has 0 radical (unpaired) electrons. The summed E-state index contributed by atoms with van der Waals surface area (Å²) in [5, 5.41) is 10.5. The van der Waals surface area contributed by atoms with E-state index in [1.807, 2.05) is 0 Å². The molecule has 0 saturated heterocycles. The second kappa shape index (κ2) is 57.2. The van der Waals surface area contributed by atoms with Crippen LogP contribution in [0.5, 0.6) is 0 Å². The van der Waals surface area contributed by atoms with E-state index in [1.54, 1.807) is 0 Å². The average molecular weight is 1260 g/mol. The van der Waals surface area contributed by atoms with Gasteiger partial charge < -0.3 is 33.8 Å². The first-order valence-electron chi connectivity index (χ1n) is 34.4. The minimum absolute atomic E-state index is 0.104. The van der Waals surface area contributed by atoms with Crippen molar-refractivity contribution in [3.63, 3.8) is 0 Å². The highest BCUT2D eigenvalue weighted by molar-refractivity contribution is 7.47. The lowest BCUT2D eigenvalue weighted by molar-refractivity contribution is -0.161. The van der Waals surface area contributed by atoms with Gasteiger partial charge in [0.05, 0.1) is 26.4 Å². The van der Waals surface area contributed by atoms with Crippen molar-refractivity contribution in [2.45, 2.75) is 343 Å². The molecular formula is C66H128O17P2. The van der Waals surface area contributed by atoms with E-state index in [2.05, 4.69) is 48.5 Å². The lowest BCUT2D eigenvalue weighted by Gasteiger charge is -2.21. The second-order valence-electron chi connectivity index (χ2n) is 25.1. The first kappa shape index (κ1) is 83.1. The summed E-state index contributed by atoms with van der Waals surface area (Å²) in [7, 11) is -9.89. The Labute approximate surface area is 517 Å². The maximum atomic E-state index is 13.0. The molecule has 6 atom stereocenters. The molecule has 0 heterocycles. The van der Waals surface area contributed by atoms with Crippen molar-refractivity contribution < 1.29 is 80.2 Å². The third kappa shape index (κ3) is 59.5. The Kier molecular flexibility index (Phi) is 55.9. The molecule has 0 spiro atoms. The van der Waals surface area contributed by atoms with Crippen LogP contribution in [0.1, 0.15) is 325 Å². The van der Waals surface area contributed by atoms with Crippen LogP contribution >= 0.6 is 15.6 Å². The van der Waals surface area contributed by atoms with Gasteiger partial charge in [-0.3, -0.25) is 37.3 Å². The molecule has 0 rings (SSSR count). The largest absolute Gasteiger partial charge is 0.472 e. The lowest BCUT2D eigenvalue weighted by atomic mass is 9.99. The summed E-state index contributed by atoms with van der Waals surface area (Å²) in [6.07, 6.45) is 39.0. The van der Waals surface area contributed by atoms with Crippen LogP contribution in [0.25, 0.3) is 0 Å². The standard InChI is InChI=1S/C66H128O17P2/c1-8-10-11-12-23-33-40-47-63(68)76-53-61(82-66(71)50-43-36-29-22-16-18-25-31-38-45-58(5)6)55-80-84(72,73)78-51-60(67)52-79-85(74,75)81-56-62(54-77-64(69)48-41-34-27-21-15-17-24-30-37-44-57(3)4)83-65(70)49-42-35-28-20-14-13-19-26-32-39-46-59(7)9-2/h57-62,67H,8-56H2,1-7H3,(H,72,73)(H,74,75)/t59?,60-,61+,62+/m0/s1. The van der Waals surface area contributed by atoms with E-state index in [-0.39, 0.29) is 25.7 Å². The van der Waals surface area contributed by atoms with Crippen LogP contribution in [0, 0.1) is 17.8 Å². The van der Waals surface area contributed by atoms with Gasteiger partial charge in [0.25, 0.3) is 0 Å². The molecule has 504 valence electrons. The van der Waals surface area contributed by atoms with Crippen LogP contribution in [0.3, 0.4) is 0 Å². The minimum atomic E-state index is -4.95. The lowest BCUT2D eigenvalue weighted by Crippen LogP contribution is -2.30. The molecule has 0 aromatic carbocycles. The van der Waals surface area contributed by atoms with Gasteiger partial charge in [-0.25, -0.2) is 9.13 Å². The Morgan fingerprint density at radius 2 is 0.600 bits per heavy atom. The Balaban J connectivity index is 5.23. The van der Waals surface area contributed by atoms with Crippen LogP contribution < -0.4 is 0 Å². The van der Waals surface area contributed by atoms with E-state index in [1.165, 1.54) is 122 Å². The summed E-state index contributed by atoms with van der Waals surface area (Å²) >= 11 is 0. The molecule has 0 aromatic heterocycles. The molecule has 0 bridgehead atoms. The van der Waals surface area contributed by atoms with Crippen LogP contribution in [-0.4, -0.2) is 96.7 Å². The van der Waals surface area contributed by atoms with Crippen LogP contribution in [-0.2, 0) is 65.4 Å². The van der Waals surface area contributed by atoms with Crippen molar-refractivity contribution in [1.82, 2.24) is 0 Å². The molecule has 0 amide bonds. The van der Waals surface area contributed by atoms with Gasteiger partial charge in [0, 0.05) is 25.7 Å². The fourth-order valence-electron chi connectivity index (χ4n) is 9.80. The van der Waals surface area contributed by atoms with Gasteiger partial charge in [-0.05, 0) is 43.4 Å². The normalized spacial score (nSPS) is 14.6. The second-order valence-corrected chi connectivity index (χ2v) is 28.0. The fraction of sp³-hybridized carbons (Fsp3) is 0.939. The molecule has 85 heavy (non-hydrogen) atoms. The number of carbonyl (C=O) groups excluding carboxylic acids is 4. The van der Waals surface area contributed by atoms with E-state index in [0.717, 1.165) is 120 Å². The van der Waals surface area contributed by atoms with Crippen molar-refractivity contribution >= 4 is 39.5 Å².